The largest absolute Gasteiger partial charge is 0.411 e. The molecule has 1 saturated carbocycles. The highest BCUT2D eigenvalue weighted by Crippen LogP contribution is 2.57. The van der Waals surface area contributed by atoms with Gasteiger partial charge in [0.1, 0.15) is 0 Å². The molecule has 3 aliphatic carbocycles. The zero-order valence-corrected chi connectivity index (χ0v) is 12.2. The van der Waals surface area contributed by atoms with Gasteiger partial charge in [-0.05, 0) is 55.8 Å². The molecule has 3 rings (SSSR count). The first-order valence-corrected chi connectivity index (χ1v) is 7.51. The van der Waals surface area contributed by atoms with Crippen molar-refractivity contribution in [2.24, 2.45) is 22.4 Å². The van der Waals surface area contributed by atoms with Crippen molar-refractivity contribution in [3.05, 3.63) is 11.1 Å². The molecule has 0 heterocycles. The molecule has 0 spiro atoms. The van der Waals surface area contributed by atoms with Gasteiger partial charge in [0.05, 0.1) is 11.3 Å². The molecule has 4 unspecified atom stereocenters. The van der Waals surface area contributed by atoms with Crippen molar-refractivity contribution >= 4 is 5.71 Å². The highest BCUT2D eigenvalue weighted by atomic mass is 16.4. The summed E-state index contributed by atoms with van der Waals surface area (Å²) in [5.74, 6) is 1.06. The average molecular weight is 263 g/mol. The van der Waals surface area contributed by atoms with Gasteiger partial charge in [-0.15, -0.1) is 0 Å². The third kappa shape index (κ3) is 2.03. The summed E-state index contributed by atoms with van der Waals surface area (Å²) in [5, 5.41) is 24.0. The summed E-state index contributed by atoms with van der Waals surface area (Å²) in [7, 11) is 0. The third-order valence-electron chi connectivity index (χ3n) is 5.25. The van der Waals surface area contributed by atoms with Crippen molar-refractivity contribution in [2.75, 3.05) is 0 Å². The Labute approximate surface area is 115 Å². The second kappa shape index (κ2) is 4.08. The van der Waals surface area contributed by atoms with E-state index in [1.165, 1.54) is 12.0 Å². The second-order valence-corrected chi connectivity index (χ2v) is 7.75. The number of nitrogens with zero attached hydrogens (tertiary/aromatic N) is 1. The van der Waals surface area contributed by atoms with Crippen LogP contribution in [0.1, 0.15) is 59.3 Å². The number of aliphatic hydroxyl groups is 1. The number of hydrogen-bond donors (Lipinski definition) is 2. The van der Waals surface area contributed by atoms with E-state index in [1.807, 2.05) is 0 Å². The van der Waals surface area contributed by atoms with Crippen LogP contribution in [0, 0.1) is 17.3 Å². The van der Waals surface area contributed by atoms with Crippen LogP contribution in [-0.2, 0) is 0 Å². The number of hydrogen-bond acceptors (Lipinski definition) is 3. The van der Waals surface area contributed by atoms with Gasteiger partial charge < -0.3 is 10.3 Å². The van der Waals surface area contributed by atoms with Crippen molar-refractivity contribution in [1.82, 2.24) is 0 Å². The molecule has 0 aromatic rings. The van der Waals surface area contributed by atoms with Gasteiger partial charge in [0.15, 0.2) is 0 Å². The minimum atomic E-state index is -0.748. The maximum atomic E-state index is 11.2. The topological polar surface area (TPSA) is 52.8 Å². The fourth-order valence-corrected chi connectivity index (χ4v) is 5.26. The first kappa shape index (κ1) is 13.2. The summed E-state index contributed by atoms with van der Waals surface area (Å²) in [6.07, 6.45) is 5.76. The van der Waals surface area contributed by atoms with E-state index in [9.17, 15) is 10.3 Å². The normalized spacial score (nSPS) is 48.3. The molecule has 3 heteroatoms. The SMILES string of the molecule is CC1CC2=C(/C(=N\O)C1)C1(O)CC(C)CC(C)(C2)C1. The van der Waals surface area contributed by atoms with Crippen LogP contribution < -0.4 is 0 Å². The molecular weight excluding hydrogens is 238 g/mol. The van der Waals surface area contributed by atoms with Gasteiger partial charge in [-0.1, -0.05) is 31.5 Å². The van der Waals surface area contributed by atoms with Crippen molar-refractivity contribution in [1.29, 1.82) is 0 Å². The molecule has 3 nitrogen and oxygen atoms in total. The number of oxime groups is 1. The molecule has 2 bridgehead atoms. The van der Waals surface area contributed by atoms with E-state index in [1.54, 1.807) is 0 Å². The van der Waals surface area contributed by atoms with Crippen LogP contribution in [0.15, 0.2) is 16.3 Å². The molecular formula is C16H25NO2. The predicted octanol–water partition coefficient (Wildman–Crippen LogP) is 3.50. The summed E-state index contributed by atoms with van der Waals surface area (Å²) in [6.45, 7) is 6.75. The molecule has 2 N–H and O–H groups in total. The smallest absolute Gasteiger partial charge is 0.0922 e. The molecule has 0 aliphatic heterocycles. The summed E-state index contributed by atoms with van der Waals surface area (Å²) < 4.78 is 0. The molecule has 3 aliphatic rings. The first-order valence-electron chi connectivity index (χ1n) is 7.51. The zero-order chi connectivity index (χ0) is 13.8. The summed E-state index contributed by atoms with van der Waals surface area (Å²) in [4.78, 5) is 0. The van der Waals surface area contributed by atoms with Crippen LogP contribution in [0.3, 0.4) is 0 Å². The number of fused-ring (bicyclic) bond motifs is 3. The fourth-order valence-electron chi connectivity index (χ4n) is 5.26. The lowest BCUT2D eigenvalue weighted by Crippen LogP contribution is -2.51. The third-order valence-corrected chi connectivity index (χ3v) is 5.25. The molecule has 1 fully saturated rings. The molecule has 4 atom stereocenters. The number of rotatable bonds is 0. The van der Waals surface area contributed by atoms with Crippen molar-refractivity contribution in [3.63, 3.8) is 0 Å². The van der Waals surface area contributed by atoms with Crippen molar-refractivity contribution < 1.29 is 10.3 Å². The van der Waals surface area contributed by atoms with Crippen LogP contribution in [0.5, 0.6) is 0 Å². The Kier molecular flexibility index (Phi) is 2.83. The van der Waals surface area contributed by atoms with Gasteiger partial charge in [0.25, 0.3) is 0 Å². The van der Waals surface area contributed by atoms with E-state index in [0.29, 0.717) is 11.8 Å². The summed E-state index contributed by atoms with van der Waals surface area (Å²) in [5.41, 5.74) is 2.57. The highest BCUT2D eigenvalue weighted by molar-refractivity contribution is 6.03. The van der Waals surface area contributed by atoms with E-state index in [4.69, 9.17) is 0 Å². The summed E-state index contributed by atoms with van der Waals surface area (Å²) in [6, 6.07) is 0. The van der Waals surface area contributed by atoms with Crippen LogP contribution in [0.4, 0.5) is 0 Å². The van der Waals surface area contributed by atoms with Gasteiger partial charge in [-0.2, -0.15) is 0 Å². The highest BCUT2D eigenvalue weighted by Gasteiger charge is 2.52. The average Bonchev–Trinajstić information content (AvgIpc) is 2.23. The Balaban J connectivity index is 2.12. The lowest BCUT2D eigenvalue weighted by atomic mass is 9.54. The van der Waals surface area contributed by atoms with E-state index >= 15 is 0 Å². The zero-order valence-electron chi connectivity index (χ0n) is 12.2. The van der Waals surface area contributed by atoms with Crippen molar-refractivity contribution in [2.45, 2.75) is 64.9 Å². The monoisotopic (exact) mass is 263 g/mol. The first-order chi connectivity index (χ1) is 8.85. The van der Waals surface area contributed by atoms with Gasteiger partial charge in [0, 0.05) is 5.57 Å². The van der Waals surface area contributed by atoms with Gasteiger partial charge >= 0.3 is 0 Å². The van der Waals surface area contributed by atoms with Crippen LogP contribution in [-0.4, -0.2) is 21.6 Å². The maximum Gasteiger partial charge on any atom is 0.0922 e. The van der Waals surface area contributed by atoms with Crippen LogP contribution >= 0.6 is 0 Å². The van der Waals surface area contributed by atoms with Gasteiger partial charge in [0.2, 0.25) is 0 Å². The lowest BCUT2D eigenvalue weighted by Gasteiger charge is -2.53. The van der Waals surface area contributed by atoms with Crippen LogP contribution in [0.25, 0.3) is 0 Å². The maximum absolute atomic E-state index is 11.2. The molecule has 106 valence electrons. The second-order valence-electron chi connectivity index (χ2n) is 7.75. The van der Waals surface area contributed by atoms with Gasteiger partial charge in [-0.25, -0.2) is 0 Å². The van der Waals surface area contributed by atoms with E-state index in [0.717, 1.165) is 43.4 Å². The number of allylic oxidation sites excluding steroid dienone is 1. The lowest BCUT2D eigenvalue weighted by molar-refractivity contribution is -0.0451. The molecule has 0 radical (unpaired) electrons. The Hall–Kier alpha value is -0.830. The quantitative estimate of drug-likeness (QED) is 0.519. The molecule has 0 saturated heterocycles. The summed E-state index contributed by atoms with van der Waals surface area (Å²) >= 11 is 0. The fraction of sp³-hybridized carbons (Fsp3) is 0.812. The molecule has 19 heavy (non-hydrogen) atoms. The van der Waals surface area contributed by atoms with E-state index < -0.39 is 5.60 Å². The Morgan fingerprint density at radius 2 is 1.89 bits per heavy atom. The predicted molar refractivity (Wildman–Crippen MR) is 75.3 cm³/mol. The molecule has 0 aromatic heterocycles. The van der Waals surface area contributed by atoms with Gasteiger partial charge in [-0.3, -0.25) is 0 Å². The Morgan fingerprint density at radius 1 is 1.16 bits per heavy atom. The Morgan fingerprint density at radius 3 is 2.58 bits per heavy atom. The minimum absolute atomic E-state index is 0.225. The molecule has 0 aromatic carbocycles. The van der Waals surface area contributed by atoms with E-state index in [2.05, 4.69) is 25.9 Å². The van der Waals surface area contributed by atoms with Crippen LogP contribution in [0.2, 0.25) is 0 Å². The van der Waals surface area contributed by atoms with E-state index in [-0.39, 0.29) is 5.41 Å². The van der Waals surface area contributed by atoms with Crippen molar-refractivity contribution in [3.8, 4) is 0 Å². The Bertz CT molecular complexity index is 467. The molecule has 0 amide bonds. The standard InChI is InChI=1S/C16H25NO2/c1-10-4-12-8-15(3)6-11(2)7-16(18,9-15)14(12)13(5-10)17-19/h10-11,18-19H,4-9H2,1-3H3/b17-13-. The minimum Gasteiger partial charge on any atom is -0.411 e.